The van der Waals surface area contributed by atoms with Crippen LogP contribution in [-0.4, -0.2) is 44.7 Å². The second kappa shape index (κ2) is 21.7. The number of unbranched alkanes of at least 4 members (excludes halogenated alkanes) is 8. The summed E-state index contributed by atoms with van der Waals surface area (Å²) in [5.74, 6) is 1.01. The maximum Gasteiger partial charge on any atom is 0.119 e. The normalized spacial score (nSPS) is 11.6. The van der Waals surface area contributed by atoms with Gasteiger partial charge in [0.2, 0.25) is 0 Å². The van der Waals surface area contributed by atoms with E-state index in [1.165, 1.54) is 69.8 Å². The summed E-state index contributed by atoms with van der Waals surface area (Å²) in [6, 6.07) is 9.26. The fraction of sp³-hybridized carbons (Fsp3) is 0.760. The minimum Gasteiger partial charge on any atom is -0.494 e. The Kier molecular flexibility index (Phi) is 23.0. The molecule has 1 atom stereocenters. The van der Waals surface area contributed by atoms with Gasteiger partial charge in [-0.15, -0.1) is 24.8 Å². The molecule has 0 amide bonds. The summed E-state index contributed by atoms with van der Waals surface area (Å²) < 4.78 is 5.90. The molecule has 178 valence electrons. The Balaban J connectivity index is 0. The molecular weight excluding hydrogens is 415 g/mol. The Morgan fingerprint density at radius 3 is 2.00 bits per heavy atom. The Hall–Kier alpha value is -0.480. The van der Waals surface area contributed by atoms with Gasteiger partial charge in [-0.3, -0.25) is 0 Å². The molecule has 3 nitrogen and oxygen atoms in total. The minimum atomic E-state index is 0. The second-order valence-corrected chi connectivity index (χ2v) is 8.52. The van der Waals surface area contributed by atoms with Gasteiger partial charge in [-0.1, -0.05) is 70.4 Å². The number of halogens is 2. The van der Waals surface area contributed by atoms with E-state index in [-0.39, 0.29) is 24.8 Å². The van der Waals surface area contributed by atoms with E-state index in [0.717, 1.165) is 31.9 Å². The van der Waals surface area contributed by atoms with E-state index in [9.17, 15) is 0 Å². The van der Waals surface area contributed by atoms with Gasteiger partial charge in [0.15, 0.2) is 0 Å². The highest BCUT2D eigenvalue weighted by atomic mass is 35.5. The van der Waals surface area contributed by atoms with Crippen LogP contribution >= 0.6 is 24.8 Å². The summed E-state index contributed by atoms with van der Waals surface area (Å²) >= 11 is 0. The number of aryl methyl sites for hydroxylation is 1. The monoisotopic (exact) mass is 462 g/mol. The third-order valence-corrected chi connectivity index (χ3v) is 5.36. The van der Waals surface area contributed by atoms with Crippen LogP contribution in [0.2, 0.25) is 0 Å². The number of hydrogen-bond donors (Lipinski definition) is 1. The van der Waals surface area contributed by atoms with Crippen molar-refractivity contribution in [1.82, 2.24) is 10.2 Å². The Labute approximate surface area is 199 Å². The van der Waals surface area contributed by atoms with Crippen molar-refractivity contribution in [2.45, 2.75) is 90.5 Å². The van der Waals surface area contributed by atoms with Crippen LogP contribution in [0.25, 0.3) is 0 Å². The number of nitrogens with one attached hydrogen (secondary N) is 1. The van der Waals surface area contributed by atoms with Crippen molar-refractivity contribution >= 4 is 24.8 Å². The van der Waals surface area contributed by atoms with E-state index in [0.29, 0.717) is 6.04 Å². The van der Waals surface area contributed by atoms with Crippen LogP contribution in [0.4, 0.5) is 0 Å². The zero-order valence-electron chi connectivity index (χ0n) is 20.0. The number of benzene rings is 1. The number of ether oxygens (including phenoxy) is 1. The van der Waals surface area contributed by atoms with E-state index in [1.54, 1.807) is 0 Å². The lowest BCUT2D eigenvalue weighted by Crippen LogP contribution is -2.33. The van der Waals surface area contributed by atoms with Crippen LogP contribution in [0.15, 0.2) is 24.3 Å². The molecule has 0 aliphatic heterocycles. The van der Waals surface area contributed by atoms with Gasteiger partial charge in [-0.2, -0.15) is 0 Å². The van der Waals surface area contributed by atoms with E-state index in [1.807, 2.05) is 0 Å². The van der Waals surface area contributed by atoms with Gasteiger partial charge < -0.3 is 15.0 Å². The lowest BCUT2D eigenvalue weighted by molar-refractivity contribution is 0.304. The largest absolute Gasteiger partial charge is 0.494 e. The number of hydrogen-bond acceptors (Lipinski definition) is 3. The molecule has 1 aromatic carbocycles. The molecule has 30 heavy (non-hydrogen) atoms. The molecule has 1 N–H and O–H groups in total. The fourth-order valence-corrected chi connectivity index (χ4v) is 3.37. The zero-order chi connectivity index (χ0) is 20.5. The number of nitrogens with zero attached hydrogens (tertiary/aromatic N) is 1. The quantitative estimate of drug-likeness (QED) is 0.239. The predicted octanol–water partition coefficient (Wildman–Crippen LogP) is 6.91. The first kappa shape index (κ1) is 31.7. The molecule has 0 aliphatic rings. The molecule has 0 aromatic heterocycles. The van der Waals surface area contributed by atoms with Gasteiger partial charge in [0.1, 0.15) is 5.75 Å². The van der Waals surface area contributed by atoms with E-state index in [4.69, 9.17) is 4.74 Å². The number of likely N-dealkylation sites (N-methyl/N-ethyl adjacent to an activating group) is 1. The highest BCUT2D eigenvalue weighted by molar-refractivity contribution is 5.85. The smallest absolute Gasteiger partial charge is 0.119 e. The van der Waals surface area contributed by atoms with Gasteiger partial charge in [-0.05, 0) is 58.0 Å². The fourth-order valence-electron chi connectivity index (χ4n) is 3.37. The number of rotatable bonds is 18. The van der Waals surface area contributed by atoms with E-state index < -0.39 is 0 Å². The van der Waals surface area contributed by atoms with Crippen LogP contribution in [0, 0.1) is 0 Å². The standard InChI is InChI=1S/C25H46N2O.2ClH/c1-5-6-7-8-9-10-11-12-13-22-28-25-18-16-24(17-19-25)15-14-23(2)26-20-21-27(3)4;;/h16-19,23,26H,5-15,20-22H2,1-4H3;2*1H. The third kappa shape index (κ3) is 18.3. The molecule has 0 radical (unpaired) electrons. The third-order valence-electron chi connectivity index (χ3n) is 5.36. The molecule has 0 aliphatic carbocycles. The van der Waals surface area contributed by atoms with Crippen molar-refractivity contribution in [1.29, 1.82) is 0 Å². The van der Waals surface area contributed by atoms with Gasteiger partial charge in [-0.25, -0.2) is 0 Å². The summed E-state index contributed by atoms with van der Waals surface area (Å²) in [5, 5.41) is 3.59. The van der Waals surface area contributed by atoms with Crippen molar-refractivity contribution in [3.8, 4) is 5.75 Å². The van der Waals surface area contributed by atoms with E-state index in [2.05, 4.69) is 62.4 Å². The molecule has 0 saturated heterocycles. The van der Waals surface area contributed by atoms with Crippen molar-refractivity contribution in [3.63, 3.8) is 0 Å². The Morgan fingerprint density at radius 1 is 0.867 bits per heavy atom. The maximum absolute atomic E-state index is 5.90. The van der Waals surface area contributed by atoms with Crippen molar-refractivity contribution in [2.24, 2.45) is 0 Å². The highest BCUT2D eigenvalue weighted by Gasteiger charge is 2.03. The second-order valence-electron chi connectivity index (χ2n) is 8.52. The van der Waals surface area contributed by atoms with Crippen LogP contribution < -0.4 is 10.1 Å². The molecule has 0 bridgehead atoms. The Morgan fingerprint density at radius 2 is 1.43 bits per heavy atom. The minimum absolute atomic E-state index is 0. The molecule has 0 saturated carbocycles. The van der Waals surface area contributed by atoms with Crippen LogP contribution in [0.5, 0.6) is 5.75 Å². The van der Waals surface area contributed by atoms with Gasteiger partial charge >= 0.3 is 0 Å². The van der Waals surface area contributed by atoms with Crippen molar-refractivity contribution in [2.75, 3.05) is 33.8 Å². The maximum atomic E-state index is 5.90. The highest BCUT2D eigenvalue weighted by Crippen LogP contribution is 2.15. The molecule has 1 aromatic rings. The van der Waals surface area contributed by atoms with Crippen molar-refractivity contribution in [3.05, 3.63) is 29.8 Å². The van der Waals surface area contributed by atoms with Gasteiger partial charge in [0.25, 0.3) is 0 Å². The van der Waals surface area contributed by atoms with Crippen molar-refractivity contribution < 1.29 is 4.74 Å². The summed E-state index contributed by atoms with van der Waals surface area (Å²) in [4.78, 5) is 2.22. The molecule has 0 fully saturated rings. The summed E-state index contributed by atoms with van der Waals surface area (Å²) in [5.41, 5.74) is 1.40. The molecule has 0 spiro atoms. The summed E-state index contributed by atoms with van der Waals surface area (Å²) in [7, 11) is 4.23. The van der Waals surface area contributed by atoms with Crippen LogP contribution in [0.3, 0.4) is 0 Å². The Bertz CT molecular complexity index is 469. The van der Waals surface area contributed by atoms with Crippen LogP contribution in [0.1, 0.15) is 83.6 Å². The average Bonchev–Trinajstić information content (AvgIpc) is 2.68. The summed E-state index contributed by atoms with van der Waals surface area (Å²) in [6.07, 6.45) is 14.5. The summed E-state index contributed by atoms with van der Waals surface area (Å²) in [6.45, 7) is 7.55. The first-order valence-electron chi connectivity index (χ1n) is 11.7. The average molecular weight is 464 g/mol. The van der Waals surface area contributed by atoms with Gasteiger partial charge in [0, 0.05) is 19.1 Å². The molecule has 5 heteroatoms. The topological polar surface area (TPSA) is 24.5 Å². The molecule has 0 heterocycles. The first-order chi connectivity index (χ1) is 13.6. The zero-order valence-corrected chi connectivity index (χ0v) is 21.6. The predicted molar refractivity (Wildman–Crippen MR) is 138 cm³/mol. The molecule has 1 unspecified atom stereocenters. The van der Waals surface area contributed by atoms with Crippen LogP contribution in [-0.2, 0) is 6.42 Å². The SMILES string of the molecule is CCCCCCCCCCCOc1ccc(CCC(C)NCCN(C)C)cc1.Cl.Cl. The molecule has 1 rings (SSSR count). The van der Waals surface area contributed by atoms with E-state index >= 15 is 0 Å². The molecular formula is C25H48Cl2N2O. The lowest BCUT2D eigenvalue weighted by Gasteiger charge is -2.16. The first-order valence-corrected chi connectivity index (χ1v) is 11.7. The van der Waals surface area contributed by atoms with Gasteiger partial charge in [0.05, 0.1) is 6.61 Å². The lowest BCUT2D eigenvalue weighted by atomic mass is 10.1.